The highest BCUT2D eigenvalue weighted by molar-refractivity contribution is 4.94. The average molecular weight is 285 g/mol. The molecule has 0 bridgehead atoms. The molecule has 2 rings (SSSR count). The van der Waals surface area contributed by atoms with Gasteiger partial charge in [0.05, 0.1) is 12.2 Å². The Kier molecular flexibility index (Phi) is 5.47. The molecule has 0 amide bonds. The van der Waals surface area contributed by atoms with Crippen molar-refractivity contribution in [1.29, 1.82) is 0 Å². The van der Waals surface area contributed by atoms with Crippen molar-refractivity contribution in [2.45, 2.75) is 63.8 Å². The third kappa shape index (κ3) is 3.54. The van der Waals surface area contributed by atoms with Crippen LogP contribution in [0.1, 0.15) is 31.9 Å². The molecule has 1 aromatic rings. The second kappa shape index (κ2) is 7.12. The number of aromatic nitrogens is 3. The van der Waals surface area contributed by atoms with Crippen molar-refractivity contribution in [2.24, 2.45) is 0 Å². The van der Waals surface area contributed by atoms with Crippen molar-refractivity contribution in [3.05, 3.63) is 11.9 Å². The average Bonchev–Trinajstić information content (AvgIpc) is 2.99. The highest BCUT2D eigenvalue weighted by atomic mass is 16.7. The van der Waals surface area contributed by atoms with Crippen LogP contribution in [0.2, 0.25) is 0 Å². The molecule has 20 heavy (non-hydrogen) atoms. The van der Waals surface area contributed by atoms with E-state index in [4.69, 9.17) is 9.47 Å². The number of hydrogen-bond acceptors (Lipinski definition) is 6. The fourth-order valence-electron chi connectivity index (χ4n) is 2.34. The second-order valence-electron chi connectivity index (χ2n) is 5.15. The highest BCUT2D eigenvalue weighted by Crippen LogP contribution is 2.22. The van der Waals surface area contributed by atoms with E-state index in [1.54, 1.807) is 4.68 Å². The number of aliphatic hydroxyl groups excluding tert-OH is 2. The quantitative estimate of drug-likeness (QED) is 0.691. The van der Waals surface area contributed by atoms with E-state index >= 15 is 0 Å². The van der Waals surface area contributed by atoms with Gasteiger partial charge in [0, 0.05) is 13.3 Å². The number of ether oxygens (including phenoxy) is 2. The first kappa shape index (κ1) is 15.4. The Morgan fingerprint density at radius 2 is 2.15 bits per heavy atom. The summed E-state index contributed by atoms with van der Waals surface area (Å²) in [4.78, 5) is 0. The molecule has 7 nitrogen and oxygen atoms in total. The van der Waals surface area contributed by atoms with Gasteiger partial charge in [0.25, 0.3) is 0 Å². The van der Waals surface area contributed by atoms with Gasteiger partial charge in [-0.3, -0.25) is 0 Å². The molecule has 0 aromatic carbocycles. The van der Waals surface area contributed by atoms with Crippen LogP contribution >= 0.6 is 0 Å². The van der Waals surface area contributed by atoms with E-state index in [1.807, 2.05) is 6.20 Å². The smallest absolute Gasteiger partial charge is 0.186 e. The standard InChI is InChI=1S/C13H23N3O4/c1-3-4-5-6-9-7-16(15-14-9)8-10-11(17)12(18)13(19-2)20-10/h7,10-13,17-18H,3-6,8H2,1-2H3/t10?,11-,12+,13+/m1/s1. The van der Waals surface area contributed by atoms with Gasteiger partial charge in [-0.15, -0.1) is 5.10 Å². The molecule has 4 atom stereocenters. The Balaban J connectivity index is 1.87. The third-order valence-corrected chi connectivity index (χ3v) is 3.54. The normalized spacial score (nSPS) is 30.0. The van der Waals surface area contributed by atoms with Gasteiger partial charge in [-0.1, -0.05) is 25.0 Å². The molecule has 0 saturated carbocycles. The van der Waals surface area contributed by atoms with Gasteiger partial charge >= 0.3 is 0 Å². The summed E-state index contributed by atoms with van der Waals surface area (Å²) in [5, 5.41) is 27.7. The van der Waals surface area contributed by atoms with Crippen LogP contribution in [-0.2, 0) is 22.4 Å². The van der Waals surface area contributed by atoms with Crippen LogP contribution in [-0.4, -0.2) is 56.9 Å². The van der Waals surface area contributed by atoms with Gasteiger partial charge in [-0.25, -0.2) is 4.68 Å². The Morgan fingerprint density at radius 3 is 2.80 bits per heavy atom. The molecule has 1 unspecified atom stereocenters. The summed E-state index contributed by atoms with van der Waals surface area (Å²) in [7, 11) is 1.43. The van der Waals surface area contributed by atoms with E-state index in [1.165, 1.54) is 20.0 Å². The highest BCUT2D eigenvalue weighted by Gasteiger charge is 2.43. The maximum Gasteiger partial charge on any atom is 0.186 e. The zero-order valence-corrected chi connectivity index (χ0v) is 12.0. The fourth-order valence-corrected chi connectivity index (χ4v) is 2.34. The minimum absolute atomic E-state index is 0.346. The minimum Gasteiger partial charge on any atom is -0.387 e. The summed E-state index contributed by atoms with van der Waals surface area (Å²) in [6.45, 7) is 2.51. The molecule has 0 aliphatic carbocycles. The predicted molar refractivity (Wildman–Crippen MR) is 70.9 cm³/mol. The Morgan fingerprint density at radius 1 is 1.35 bits per heavy atom. The zero-order valence-electron chi connectivity index (χ0n) is 12.0. The van der Waals surface area contributed by atoms with Gasteiger partial charge < -0.3 is 19.7 Å². The lowest BCUT2D eigenvalue weighted by Crippen LogP contribution is -2.34. The van der Waals surface area contributed by atoms with Crippen molar-refractivity contribution in [1.82, 2.24) is 15.0 Å². The number of methoxy groups -OCH3 is 1. The van der Waals surface area contributed by atoms with Crippen LogP contribution in [0, 0.1) is 0 Å². The molecule has 2 N–H and O–H groups in total. The lowest BCUT2D eigenvalue weighted by atomic mass is 10.1. The topological polar surface area (TPSA) is 89.6 Å². The van der Waals surface area contributed by atoms with Crippen LogP contribution in [0.4, 0.5) is 0 Å². The van der Waals surface area contributed by atoms with Crippen LogP contribution in [0.15, 0.2) is 6.20 Å². The number of aryl methyl sites for hydroxylation is 1. The first-order chi connectivity index (χ1) is 9.65. The van der Waals surface area contributed by atoms with Gasteiger partial charge in [0.2, 0.25) is 0 Å². The molecule has 114 valence electrons. The van der Waals surface area contributed by atoms with E-state index in [-0.39, 0.29) is 0 Å². The van der Waals surface area contributed by atoms with Crippen LogP contribution in [0.5, 0.6) is 0 Å². The van der Waals surface area contributed by atoms with E-state index in [0.29, 0.717) is 6.54 Å². The number of nitrogens with zero attached hydrogens (tertiary/aromatic N) is 3. The van der Waals surface area contributed by atoms with Gasteiger partial charge in [-0.05, 0) is 12.8 Å². The molecule has 1 aromatic heterocycles. The van der Waals surface area contributed by atoms with Crippen molar-refractivity contribution in [2.75, 3.05) is 7.11 Å². The number of unbranched alkanes of at least 4 members (excludes halogenated alkanes) is 2. The molecular formula is C13H23N3O4. The van der Waals surface area contributed by atoms with Crippen molar-refractivity contribution in [3.8, 4) is 0 Å². The number of aliphatic hydroxyl groups is 2. The third-order valence-electron chi connectivity index (χ3n) is 3.54. The lowest BCUT2D eigenvalue weighted by molar-refractivity contribution is -0.150. The Hall–Kier alpha value is -1.02. The molecule has 7 heteroatoms. The summed E-state index contributed by atoms with van der Waals surface area (Å²) in [6.07, 6.45) is 2.88. The monoisotopic (exact) mass is 285 g/mol. The molecular weight excluding hydrogens is 262 g/mol. The Bertz CT molecular complexity index is 412. The van der Waals surface area contributed by atoms with Gasteiger partial charge in [0.1, 0.15) is 18.3 Å². The SMILES string of the molecule is CCCCCc1cn(CC2O[C@H](OC)[C@@H](O)[C@@H]2O)nn1. The zero-order chi connectivity index (χ0) is 14.5. The molecule has 0 radical (unpaired) electrons. The first-order valence-electron chi connectivity index (χ1n) is 7.09. The predicted octanol–water partition coefficient (Wildman–Crippen LogP) is 0.104. The van der Waals surface area contributed by atoms with E-state index < -0.39 is 24.6 Å². The van der Waals surface area contributed by atoms with Crippen LogP contribution in [0.25, 0.3) is 0 Å². The second-order valence-corrected chi connectivity index (χ2v) is 5.15. The molecule has 1 saturated heterocycles. The van der Waals surface area contributed by atoms with Crippen LogP contribution < -0.4 is 0 Å². The Labute approximate surface area is 118 Å². The summed E-state index contributed by atoms with van der Waals surface area (Å²) in [6, 6.07) is 0. The summed E-state index contributed by atoms with van der Waals surface area (Å²) >= 11 is 0. The maximum absolute atomic E-state index is 9.88. The molecule has 1 aliphatic rings. The summed E-state index contributed by atoms with van der Waals surface area (Å²) in [5.41, 5.74) is 0.940. The van der Waals surface area contributed by atoms with E-state index in [2.05, 4.69) is 17.2 Å². The van der Waals surface area contributed by atoms with Crippen molar-refractivity contribution in [3.63, 3.8) is 0 Å². The largest absolute Gasteiger partial charge is 0.387 e. The van der Waals surface area contributed by atoms with E-state index in [0.717, 1.165) is 18.5 Å². The first-order valence-corrected chi connectivity index (χ1v) is 7.09. The molecule has 2 heterocycles. The number of hydrogen-bond donors (Lipinski definition) is 2. The lowest BCUT2D eigenvalue weighted by Gasteiger charge is -2.13. The van der Waals surface area contributed by atoms with Gasteiger partial charge in [-0.2, -0.15) is 0 Å². The summed E-state index contributed by atoms with van der Waals surface area (Å²) in [5.74, 6) is 0. The maximum atomic E-state index is 9.88. The molecule has 1 fully saturated rings. The number of rotatable bonds is 7. The van der Waals surface area contributed by atoms with Crippen molar-refractivity contribution >= 4 is 0 Å². The fraction of sp³-hybridized carbons (Fsp3) is 0.846. The molecule has 1 aliphatic heterocycles. The van der Waals surface area contributed by atoms with Crippen LogP contribution in [0.3, 0.4) is 0 Å². The minimum atomic E-state index is -1.03. The molecule has 0 spiro atoms. The van der Waals surface area contributed by atoms with Gasteiger partial charge in [0.15, 0.2) is 6.29 Å². The van der Waals surface area contributed by atoms with E-state index in [9.17, 15) is 10.2 Å². The van der Waals surface area contributed by atoms with Crippen molar-refractivity contribution < 1.29 is 19.7 Å². The summed E-state index contributed by atoms with van der Waals surface area (Å²) < 4.78 is 12.0.